The minimum Gasteiger partial charge on any atom is -0.481 e. The molecule has 0 aromatic rings. The standard InChI is InChI=1S/C12H22O3/c1-2-6-10(12(14)15)11(13)9-7-4-3-5-8-9/h9-11,13H,2-8H2,1H3,(H,14,15). The number of aliphatic hydroxyl groups is 1. The molecule has 88 valence electrons. The van der Waals surface area contributed by atoms with E-state index in [9.17, 15) is 9.90 Å². The van der Waals surface area contributed by atoms with Gasteiger partial charge in [0, 0.05) is 0 Å². The molecule has 0 radical (unpaired) electrons. The normalized spacial score (nSPS) is 22.3. The minimum atomic E-state index is -0.838. The highest BCUT2D eigenvalue weighted by Gasteiger charge is 2.32. The van der Waals surface area contributed by atoms with Crippen LogP contribution in [0.3, 0.4) is 0 Å². The van der Waals surface area contributed by atoms with Gasteiger partial charge < -0.3 is 10.2 Å². The van der Waals surface area contributed by atoms with Crippen molar-refractivity contribution in [1.29, 1.82) is 0 Å². The van der Waals surface area contributed by atoms with Gasteiger partial charge in [0.2, 0.25) is 0 Å². The molecule has 2 unspecified atom stereocenters. The first-order chi connectivity index (χ1) is 7.16. The summed E-state index contributed by atoms with van der Waals surface area (Å²) in [5, 5.41) is 19.1. The van der Waals surface area contributed by atoms with E-state index in [1.165, 1.54) is 6.42 Å². The van der Waals surface area contributed by atoms with Crippen molar-refractivity contribution in [3.8, 4) is 0 Å². The highest BCUT2D eigenvalue weighted by molar-refractivity contribution is 5.70. The Morgan fingerprint density at radius 2 is 1.93 bits per heavy atom. The molecule has 1 fully saturated rings. The molecule has 0 aromatic heterocycles. The van der Waals surface area contributed by atoms with Crippen LogP contribution in [0.25, 0.3) is 0 Å². The summed E-state index contributed by atoms with van der Waals surface area (Å²) in [6.07, 6.45) is 6.27. The Morgan fingerprint density at radius 1 is 1.33 bits per heavy atom. The number of hydrogen-bond acceptors (Lipinski definition) is 2. The Balaban J connectivity index is 2.53. The van der Waals surface area contributed by atoms with Crippen LogP contribution in [-0.4, -0.2) is 22.3 Å². The Hall–Kier alpha value is -0.570. The van der Waals surface area contributed by atoms with Crippen LogP contribution in [-0.2, 0) is 4.79 Å². The van der Waals surface area contributed by atoms with Gasteiger partial charge in [-0.15, -0.1) is 0 Å². The quantitative estimate of drug-likeness (QED) is 0.739. The van der Waals surface area contributed by atoms with E-state index in [1.54, 1.807) is 0 Å². The summed E-state index contributed by atoms with van der Waals surface area (Å²) in [4.78, 5) is 11.0. The van der Waals surface area contributed by atoms with Gasteiger partial charge >= 0.3 is 5.97 Å². The third-order valence-corrected chi connectivity index (χ3v) is 3.46. The van der Waals surface area contributed by atoms with E-state index in [1.807, 2.05) is 6.92 Å². The molecule has 1 aliphatic rings. The van der Waals surface area contributed by atoms with Gasteiger partial charge in [0.15, 0.2) is 0 Å². The zero-order valence-corrected chi connectivity index (χ0v) is 9.48. The fourth-order valence-electron chi connectivity index (χ4n) is 2.56. The minimum absolute atomic E-state index is 0.214. The molecule has 0 bridgehead atoms. The van der Waals surface area contributed by atoms with Crippen LogP contribution in [0.4, 0.5) is 0 Å². The van der Waals surface area contributed by atoms with Gasteiger partial charge in [-0.2, -0.15) is 0 Å². The third-order valence-electron chi connectivity index (χ3n) is 3.46. The second-order valence-corrected chi connectivity index (χ2v) is 4.62. The van der Waals surface area contributed by atoms with Crippen LogP contribution >= 0.6 is 0 Å². The molecule has 0 aromatic carbocycles. The first kappa shape index (κ1) is 12.5. The average molecular weight is 214 g/mol. The van der Waals surface area contributed by atoms with Crippen molar-refractivity contribution in [2.75, 3.05) is 0 Å². The van der Waals surface area contributed by atoms with Gasteiger partial charge in [-0.3, -0.25) is 4.79 Å². The van der Waals surface area contributed by atoms with E-state index >= 15 is 0 Å². The Labute approximate surface area is 91.5 Å². The maximum absolute atomic E-state index is 11.0. The van der Waals surface area contributed by atoms with E-state index in [2.05, 4.69) is 0 Å². The Kier molecular flexibility index (Phi) is 5.09. The van der Waals surface area contributed by atoms with Gasteiger partial charge in [0.25, 0.3) is 0 Å². The third kappa shape index (κ3) is 3.49. The summed E-state index contributed by atoms with van der Waals surface area (Å²) in [6.45, 7) is 1.96. The predicted molar refractivity (Wildman–Crippen MR) is 58.6 cm³/mol. The molecule has 3 nitrogen and oxygen atoms in total. The molecule has 0 heterocycles. The zero-order valence-electron chi connectivity index (χ0n) is 9.48. The Morgan fingerprint density at radius 3 is 2.40 bits per heavy atom. The lowest BCUT2D eigenvalue weighted by Crippen LogP contribution is -2.35. The zero-order chi connectivity index (χ0) is 11.3. The molecule has 0 spiro atoms. The average Bonchev–Trinajstić information content (AvgIpc) is 2.26. The largest absolute Gasteiger partial charge is 0.481 e. The smallest absolute Gasteiger partial charge is 0.309 e. The summed E-state index contributed by atoms with van der Waals surface area (Å²) in [5.41, 5.74) is 0. The van der Waals surface area contributed by atoms with Crippen molar-refractivity contribution in [3.63, 3.8) is 0 Å². The highest BCUT2D eigenvalue weighted by Crippen LogP contribution is 2.31. The topological polar surface area (TPSA) is 57.5 Å². The summed E-state index contributed by atoms with van der Waals surface area (Å²) >= 11 is 0. The van der Waals surface area contributed by atoms with Crippen LogP contribution in [0.1, 0.15) is 51.9 Å². The molecular weight excluding hydrogens is 192 g/mol. The van der Waals surface area contributed by atoms with Gasteiger partial charge in [-0.05, 0) is 25.2 Å². The molecule has 0 amide bonds. The molecule has 1 saturated carbocycles. The van der Waals surface area contributed by atoms with E-state index in [0.29, 0.717) is 6.42 Å². The van der Waals surface area contributed by atoms with Crippen molar-refractivity contribution in [2.24, 2.45) is 11.8 Å². The maximum atomic E-state index is 11.0. The van der Waals surface area contributed by atoms with E-state index in [0.717, 1.165) is 32.1 Å². The number of carboxylic acid groups (broad SMARTS) is 1. The highest BCUT2D eigenvalue weighted by atomic mass is 16.4. The van der Waals surface area contributed by atoms with Crippen molar-refractivity contribution < 1.29 is 15.0 Å². The number of carbonyl (C=O) groups is 1. The second-order valence-electron chi connectivity index (χ2n) is 4.62. The molecule has 0 saturated heterocycles. The Bertz CT molecular complexity index is 197. The number of carboxylic acids is 1. The fourth-order valence-corrected chi connectivity index (χ4v) is 2.56. The lowest BCUT2D eigenvalue weighted by molar-refractivity contribution is -0.148. The maximum Gasteiger partial charge on any atom is 0.309 e. The number of hydrogen-bond donors (Lipinski definition) is 2. The molecule has 15 heavy (non-hydrogen) atoms. The number of aliphatic hydroxyl groups excluding tert-OH is 1. The van der Waals surface area contributed by atoms with Crippen LogP contribution < -0.4 is 0 Å². The van der Waals surface area contributed by atoms with Crippen molar-refractivity contribution in [1.82, 2.24) is 0 Å². The van der Waals surface area contributed by atoms with Crippen molar-refractivity contribution in [2.45, 2.75) is 58.0 Å². The first-order valence-corrected chi connectivity index (χ1v) is 6.07. The molecule has 1 rings (SSSR count). The van der Waals surface area contributed by atoms with Gasteiger partial charge in [0.1, 0.15) is 0 Å². The van der Waals surface area contributed by atoms with Crippen LogP contribution in [0.2, 0.25) is 0 Å². The molecule has 2 atom stereocenters. The van der Waals surface area contributed by atoms with Gasteiger partial charge in [0.05, 0.1) is 12.0 Å². The molecule has 2 N–H and O–H groups in total. The van der Waals surface area contributed by atoms with E-state index in [4.69, 9.17) is 5.11 Å². The SMILES string of the molecule is CCCC(C(=O)O)C(O)C1CCCCC1. The number of rotatable bonds is 5. The number of aliphatic carboxylic acids is 1. The van der Waals surface area contributed by atoms with Crippen molar-refractivity contribution in [3.05, 3.63) is 0 Å². The van der Waals surface area contributed by atoms with E-state index < -0.39 is 18.0 Å². The fraction of sp³-hybridized carbons (Fsp3) is 0.917. The van der Waals surface area contributed by atoms with Crippen molar-refractivity contribution >= 4 is 5.97 Å². The predicted octanol–water partition coefficient (Wildman–Crippen LogP) is 2.43. The lowest BCUT2D eigenvalue weighted by Gasteiger charge is -2.30. The first-order valence-electron chi connectivity index (χ1n) is 6.07. The summed E-state index contributed by atoms with van der Waals surface area (Å²) in [6, 6.07) is 0. The summed E-state index contributed by atoms with van der Waals surface area (Å²) in [5.74, 6) is -1.18. The summed E-state index contributed by atoms with van der Waals surface area (Å²) < 4.78 is 0. The lowest BCUT2D eigenvalue weighted by atomic mass is 9.79. The second kappa shape index (κ2) is 6.11. The van der Waals surface area contributed by atoms with Gasteiger partial charge in [-0.1, -0.05) is 32.6 Å². The summed E-state index contributed by atoms with van der Waals surface area (Å²) in [7, 11) is 0. The molecular formula is C12H22O3. The molecule has 1 aliphatic carbocycles. The van der Waals surface area contributed by atoms with Crippen LogP contribution in [0.15, 0.2) is 0 Å². The molecule has 0 aliphatic heterocycles. The molecule has 3 heteroatoms. The van der Waals surface area contributed by atoms with E-state index in [-0.39, 0.29) is 5.92 Å². The monoisotopic (exact) mass is 214 g/mol. The van der Waals surface area contributed by atoms with Crippen LogP contribution in [0, 0.1) is 11.8 Å². The van der Waals surface area contributed by atoms with Gasteiger partial charge in [-0.25, -0.2) is 0 Å². The van der Waals surface area contributed by atoms with Crippen LogP contribution in [0.5, 0.6) is 0 Å².